The number of hydrogen-bond acceptors (Lipinski definition) is 4. The van der Waals surface area contributed by atoms with Gasteiger partial charge in [0.15, 0.2) is 0 Å². The molecule has 0 saturated carbocycles. The normalized spacial score (nSPS) is 10.3. The van der Waals surface area contributed by atoms with E-state index in [9.17, 15) is 9.59 Å². The van der Waals surface area contributed by atoms with E-state index in [4.69, 9.17) is 5.11 Å². The van der Waals surface area contributed by atoms with Gasteiger partial charge in [0.25, 0.3) is 5.91 Å². The van der Waals surface area contributed by atoms with Gasteiger partial charge < -0.3 is 10.4 Å². The molecule has 0 aliphatic rings. The summed E-state index contributed by atoms with van der Waals surface area (Å²) >= 11 is 0. The van der Waals surface area contributed by atoms with E-state index >= 15 is 0 Å². The highest BCUT2D eigenvalue weighted by Gasteiger charge is 2.15. The third kappa shape index (κ3) is 3.46. The van der Waals surface area contributed by atoms with Crippen molar-refractivity contribution in [1.29, 1.82) is 0 Å². The van der Waals surface area contributed by atoms with Crippen LogP contribution in [-0.2, 0) is 6.42 Å². The summed E-state index contributed by atoms with van der Waals surface area (Å²) in [4.78, 5) is 27.5. The van der Waals surface area contributed by atoms with E-state index in [-0.39, 0.29) is 11.1 Å². The van der Waals surface area contributed by atoms with Gasteiger partial charge in [-0.1, -0.05) is 24.3 Å². The fourth-order valence-electron chi connectivity index (χ4n) is 2.28. The molecule has 7 heteroatoms. The molecule has 1 amide bonds. The second kappa shape index (κ2) is 6.74. The van der Waals surface area contributed by atoms with Crippen LogP contribution in [0.3, 0.4) is 0 Å². The average molecular weight is 322 g/mol. The van der Waals surface area contributed by atoms with Crippen molar-refractivity contribution in [2.75, 3.05) is 5.32 Å². The van der Waals surface area contributed by atoms with Crippen LogP contribution in [0.1, 0.15) is 32.1 Å². The first-order valence-electron chi connectivity index (χ1n) is 7.20. The highest BCUT2D eigenvalue weighted by atomic mass is 16.4. The molecule has 0 fully saturated rings. The molecular formula is C17H14N4O3. The number of rotatable bonds is 5. The minimum absolute atomic E-state index is 0.0306. The summed E-state index contributed by atoms with van der Waals surface area (Å²) in [5.41, 5.74) is 1.69. The Morgan fingerprint density at radius 2 is 1.75 bits per heavy atom. The molecule has 0 aliphatic heterocycles. The van der Waals surface area contributed by atoms with E-state index in [1.807, 2.05) is 12.1 Å². The number of hydrogen-bond donors (Lipinski definition) is 3. The smallest absolute Gasteiger partial charge is 0.336 e. The molecule has 120 valence electrons. The molecule has 24 heavy (non-hydrogen) atoms. The SMILES string of the molecule is O=C(O)c1ccccc1C(=O)Nc1ccc(Cc2ncn[nH]2)cc1. The van der Waals surface area contributed by atoms with Crippen LogP contribution in [-0.4, -0.2) is 32.2 Å². The van der Waals surface area contributed by atoms with Crippen LogP contribution in [0, 0.1) is 0 Å². The van der Waals surface area contributed by atoms with Crippen LogP contribution in [0.2, 0.25) is 0 Å². The minimum atomic E-state index is -1.14. The maximum absolute atomic E-state index is 12.3. The summed E-state index contributed by atoms with van der Waals surface area (Å²) in [6, 6.07) is 13.3. The summed E-state index contributed by atoms with van der Waals surface area (Å²) in [7, 11) is 0. The number of carboxylic acid groups (broad SMARTS) is 1. The van der Waals surface area contributed by atoms with Crippen LogP contribution in [0.15, 0.2) is 54.9 Å². The Bertz CT molecular complexity index is 858. The highest BCUT2D eigenvalue weighted by molar-refractivity contribution is 6.10. The molecule has 0 aliphatic carbocycles. The zero-order chi connectivity index (χ0) is 16.9. The molecular weight excluding hydrogens is 308 g/mol. The fraction of sp³-hybridized carbons (Fsp3) is 0.0588. The van der Waals surface area contributed by atoms with Crippen molar-refractivity contribution in [3.8, 4) is 0 Å². The third-order valence-electron chi connectivity index (χ3n) is 3.45. The molecule has 0 radical (unpaired) electrons. The zero-order valence-electron chi connectivity index (χ0n) is 12.6. The molecule has 3 rings (SSSR count). The van der Waals surface area contributed by atoms with E-state index in [0.29, 0.717) is 12.1 Å². The van der Waals surface area contributed by atoms with Gasteiger partial charge in [-0.15, -0.1) is 0 Å². The van der Waals surface area contributed by atoms with Crippen molar-refractivity contribution in [3.63, 3.8) is 0 Å². The van der Waals surface area contributed by atoms with Gasteiger partial charge in [-0.3, -0.25) is 9.89 Å². The van der Waals surface area contributed by atoms with E-state index in [2.05, 4.69) is 20.5 Å². The Kier molecular flexibility index (Phi) is 4.33. The van der Waals surface area contributed by atoms with Crippen molar-refractivity contribution in [3.05, 3.63) is 77.4 Å². The first-order chi connectivity index (χ1) is 11.6. The Morgan fingerprint density at radius 1 is 1.04 bits per heavy atom. The van der Waals surface area contributed by atoms with Crippen LogP contribution in [0.25, 0.3) is 0 Å². The Hall–Kier alpha value is -3.48. The average Bonchev–Trinajstić information content (AvgIpc) is 3.09. The van der Waals surface area contributed by atoms with Crippen molar-refractivity contribution in [2.45, 2.75) is 6.42 Å². The predicted molar refractivity (Wildman–Crippen MR) is 87.0 cm³/mol. The molecule has 0 bridgehead atoms. The number of aromatic amines is 1. The lowest BCUT2D eigenvalue weighted by atomic mass is 10.1. The Balaban J connectivity index is 1.72. The molecule has 3 N–H and O–H groups in total. The van der Waals surface area contributed by atoms with Crippen LogP contribution < -0.4 is 5.32 Å². The van der Waals surface area contributed by atoms with E-state index < -0.39 is 11.9 Å². The van der Waals surface area contributed by atoms with Crippen molar-refractivity contribution in [2.24, 2.45) is 0 Å². The minimum Gasteiger partial charge on any atom is -0.478 e. The zero-order valence-corrected chi connectivity index (χ0v) is 12.6. The van der Waals surface area contributed by atoms with Gasteiger partial charge in [0, 0.05) is 12.1 Å². The monoisotopic (exact) mass is 322 g/mol. The summed E-state index contributed by atoms with van der Waals surface area (Å²) in [6.07, 6.45) is 2.06. The molecule has 3 aromatic rings. The lowest BCUT2D eigenvalue weighted by Gasteiger charge is -2.08. The van der Waals surface area contributed by atoms with E-state index in [1.165, 1.54) is 18.5 Å². The molecule has 0 saturated heterocycles. The van der Waals surface area contributed by atoms with Crippen LogP contribution in [0.5, 0.6) is 0 Å². The van der Waals surface area contributed by atoms with Gasteiger partial charge in [-0.25, -0.2) is 9.78 Å². The number of aromatic carboxylic acids is 1. The molecule has 0 spiro atoms. The number of amides is 1. The number of anilines is 1. The third-order valence-corrected chi connectivity index (χ3v) is 3.45. The van der Waals surface area contributed by atoms with Crippen LogP contribution >= 0.6 is 0 Å². The van der Waals surface area contributed by atoms with E-state index in [1.54, 1.807) is 24.3 Å². The number of carbonyl (C=O) groups is 2. The maximum atomic E-state index is 12.3. The topological polar surface area (TPSA) is 108 Å². The second-order valence-electron chi connectivity index (χ2n) is 5.11. The lowest BCUT2D eigenvalue weighted by Crippen LogP contribution is -2.16. The second-order valence-corrected chi connectivity index (χ2v) is 5.11. The number of nitrogens with one attached hydrogen (secondary N) is 2. The summed E-state index contributed by atoms with van der Waals surface area (Å²) in [6.45, 7) is 0. The first kappa shape index (κ1) is 15.4. The summed E-state index contributed by atoms with van der Waals surface area (Å²) < 4.78 is 0. The van der Waals surface area contributed by atoms with Gasteiger partial charge in [0.05, 0.1) is 11.1 Å². The Labute approximate surface area is 137 Å². The fourth-order valence-corrected chi connectivity index (χ4v) is 2.28. The lowest BCUT2D eigenvalue weighted by molar-refractivity contribution is 0.0692. The molecule has 1 aromatic heterocycles. The molecule has 7 nitrogen and oxygen atoms in total. The van der Waals surface area contributed by atoms with Gasteiger partial charge in [-0.05, 0) is 29.8 Å². The molecule has 0 unspecified atom stereocenters. The van der Waals surface area contributed by atoms with Crippen molar-refractivity contribution >= 4 is 17.6 Å². The number of carboxylic acids is 1. The number of nitrogens with zero attached hydrogens (tertiary/aromatic N) is 2. The predicted octanol–water partition coefficient (Wildman–Crippen LogP) is 2.35. The molecule has 2 aromatic carbocycles. The largest absolute Gasteiger partial charge is 0.478 e. The van der Waals surface area contributed by atoms with Gasteiger partial charge >= 0.3 is 5.97 Å². The highest BCUT2D eigenvalue weighted by Crippen LogP contribution is 2.15. The van der Waals surface area contributed by atoms with E-state index in [0.717, 1.165) is 11.4 Å². The number of carbonyl (C=O) groups excluding carboxylic acids is 1. The maximum Gasteiger partial charge on any atom is 0.336 e. The first-order valence-corrected chi connectivity index (χ1v) is 7.20. The summed E-state index contributed by atoms with van der Waals surface area (Å²) in [5, 5.41) is 18.4. The molecule has 0 atom stereocenters. The van der Waals surface area contributed by atoms with Crippen molar-refractivity contribution in [1.82, 2.24) is 15.2 Å². The van der Waals surface area contributed by atoms with Gasteiger partial charge in [-0.2, -0.15) is 5.10 Å². The number of aromatic nitrogens is 3. The van der Waals surface area contributed by atoms with Crippen LogP contribution in [0.4, 0.5) is 5.69 Å². The van der Waals surface area contributed by atoms with Gasteiger partial charge in [0.1, 0.15) is 12.2 Å². The summed E-state index contributed by atoms with van der Waals surface area (Å²) in [5.74, 6) is -0.846. The quantitative estimate of drug-likeness (QED) is 0.668. The van der Waals surface area contributed by atoms with Crippen molar-refractivity contribution < 1.29 is 14.7 Å². The van der Waals surface area contributed by atoms with Gasteiger partial charge in [0.2, 0.25) is 0 Å². The standard InChI is InChI=1S/C17H14N4O3/c22-16(13-3-1-2-4-14(13)17(23)24)20-12-7-5-11(6-8-12)9-15-18-10-19-21-15/h1-8,10H,9H2,(H,20,22)(H,23,24)(H,18,19,21). The number of H-pyrrole nitrogens is 1. The molecule has 1 heterocycles. The number of benzene rings is 2. The Morgan fingerprint density at radius 3 is 2.38 bits per heavy atom.